The molecule has 1 aromatic carbocycles. The first-order chi connectivity index (χ1) is 15.1. The van der Waals surface area contributed by atoms with Gasteiger partial charge in [0.2, 0.25) is 5.91 Å². The van der Waals surface area contributed by atoms with E-state index in [1.165, 1.54) is 44.3 Å². The molecule has 0 radical (unpaired) electrons. The molecule has 1 N–H and O–H groups in total. The second-order valence-corrected chi connectivity index (χ2v) is 9.16. The Labute approximate surface area is 186 Å². The van der Waals surface area contributed by atoms with Gasteiger partial charge in [-0.15, -0.1) is 0 Å². The van der Waals surface area contributed by atoms with Crippen LogP contribution < -0.4 is 10.2 Å². The number of amides is 2. The van der Waals surface area contributed by atoms with Gasteiger partial charge in [-0.25, -0.2) is 0 Å². The Balaban J connectivity index is 1.32. The second-order valence-electron chi connectivity index (χ2n) is 9.16. The van der Waals surface area contributed by atoms with Gasteiger partial charge in [0.05, 0.1) is 0 Å². The summed E-state index contributed by atoms with van der Waals surface area (Å²) < 4.78 is 0. The summed E-state index contributed by atoms with van der Waals surface area (Å²) in [6.45, 7) is 12.1. The van der Waals surface area contributed by atoms with Crippen LogP contribution in [0.25, 0.3) is 0 Å². The third-order valence-corrected chi connectivity index (χ3v) is 6.93. The summed E-state index contributed by atoms with van der Waals surface area (Å²) in [7, 11) is 0. The summed E-state index contributed by atoms with van der Waals surface area (Å²) in [5, 5.41) is 2.80. The van der Waals surface area contributed by atoms with Crippen LogP contribution in [0.5, 0.6) is 0 Å². The van der Waals surface area contributed by atoms with Crippen LogP contribution in [0.2, 0.25) is 0 Å². The lowest BCUT2D eigenvalue weighted by Crippen LogP contribution is -2.49. The molecule has 0 aliphatic carbocycles. The lowest BCUT2D eigenvalue weighted by atomic mass is 10.0. The largest absolute Gasteiger partial charge is 0.369 e. The molecule has 168 valence electrons. The van der Waals surface area contributed by atoms with E-state index in [1.54, 1.807) is 4.90 Å². The average molecular weight is 425 g/mol. The van der Waals surface area contributed by atoms with Gasteiger partial charge in [-0.1, -0.05) is 39.2 Å². The monoisotopic (exact) mass is 424 g/mol. The van der Waals surface area contributed by atoms with E-state index in [1.807, 2.05) is 6.07 Å². The molecule has 0 aromatic heterocycles. The van der Waals surface area contributed by atoms with Crippen molar-refractivity contribution in [2.75, 3.05) is 37.6 Å². The molecule has 6 nitrogen and oxygen atoms in total. The molecule has 1 unspecified atom stereocenters. The lowest BCUT2D eigenvalue weighted by Gasteiger charge is -2.36. The van der Waals surface area contributed by atoms with Crippen LogP contribution in [0, 0.1) is 0 Å². The average Bonchev–Trinajstić information content (AvgIpc) is 3.09. The number of nitrogens with one attached hydrogen (secondary N) is 1. The molecular weight excluding hydrogens is 388 g/mol. The second kappa shape index (κ2) is 9.86. The van der Waals surface area contributed by atoms with Crippen LogP contribution in [0.1, 0.15) is 67.8 Å². The van der Waals surface area contributed by atoms with Gasteiger partial charge in [-0.3, -0.25) is 14.5 Å². The minimum atomic E-state index is -0.394. The fourth-order valence-corrected chi connectivity index (χ4v) is 5.01. The fraction of sp³-hybridized carbons (Fsp3) is 0.600. The highest BCUT2D eigenvalue weighted by Gasteiger charge is 2.38. The lowest BCUT2D eigenvalue weighted by molar-refractivity contribution is -0.126. The summed E-state index contributed by atoms with van der Waals surface area (Å²) in [4.78, 5) is 32.0. The number of piperazine rings is 1. The van der Waals surface area contributed by atoms with Crippen LogP contribution in [-0.2, 0) is 11.3 Å². The van der Waals surface area contributed by atoms with E-state index in [4.69, 9.17) is 0 Å². The van der Waals surface area contributed by atoms with Crippen molar-refractivity contribution in [3.8, 4) is 0 Å². The molecule has 1 aromatic rings. The van der Waals surface area contributed by atoms with Crippen LogP contribution in [0.4, 0.5) is 5.69 Å². The summed E-state index contributed by atoms with van der Waals surface area (Å²) >= 11 is 0. The van der Waals surface area contributed by atoms with Gasteiger partial charge in [-0.05, 0) is 49.6 Å². The van der Waals surface area contributed by atoms with Crippen molar-refractivity contribution in [1.29, 1.82) is 0 Å². The van der Waals surface area contributed by atoms with E-state index in [0.717, 1.165) is 49.4 Å². The molecular formula is C25H36N4O2. The summed E-state index contributed by atoms with van der Waals surface area (Å²) in [5.74, 6) is -0.134. The minimum absolute atomic E-state index is 0.0258. The molecule has 2 amide bonds. The Bertz CT molecular complexity index is 829. The first kappa shape index (κ1) is 21.9. The molecule has 1 atom stereocenters. The van der Waals surface area contributed by atoms with Gasteiger partial charge >= 0.3 is 0 Å². The van der Waals surface area contributed by atoms with E-state index in [2.05, 4.69) is 40.8 Å². The number of benzene rings is 1. The molecule has 3 heterocycles. The number of piperidine rings is 1. The molecule has 4 rings (SSSR count). The third-order valence-electron chi connectivity index (χ3n) is 6.93. The van der Waals surface area contributed by atoms with E-state index in [9.17, 15) is 9.59 Å². The minimum Gasteiger partial charge on any atom is -0.369 e. The fourth-order valence-electron chi connectivity index (χ4n) is 5.01. The maximum Gasteiger partial charge on any atom is 0.255 e. The predicted molar refractivity (Wildman–Crippen MR) is 124 cm³/mol. The SMILES string of the molecule is C=C1CCC(N2Cc3cc(N4CCN(CCCCCCC)CC4)ccc3C2=O)C(=O)N1. The molecule has 0 spiro atoms. The Morgan fingerprint density at radius 1 is 1.06 bits per heavy atom. The first-order valence-electron chi connectivity index (χ1n) is 12.0. The van der Waals surface area contributed by atoms with Crippen molar-refractivity contribution in [2.24, 2.45) is 0 Å². The Kier molecular flexibility index (Phi) is 6.96. The molecule has 3 aliphatic heterocycles. The molecule has 2 fully saturated rings. The highest BCUT2D eigenvalue weighted by atomic mass is 16.2. The Morgan fingerprint density at radius 3 is 2.58 bits per heavy atom. The number of hydrogen-bond donors (Lipinski definition) is 1. The van der Waals surface area contributed by atoms with Crippen LogP contribution in [0.15, 0.2) is 30.5 Å². The maximum absolute atomic E-state index is 12.9. The number of anilines is 1. The van der Waals surface area contributed by atoms with E-state index in [-0.39, 0.29) is 11.8 Å². The zero-order chi connectivity index (χ0) is 21.8. The number of nitrogens with zero attached hydrogens (tertiary/aromatic N) is 3. The zero-order valence-electron chi connectivity index (χ0n) is 18.9. The van der Waals surface area contributed by atoms with Crippen molar-refractivity contribution >= 4 is 17.5 Å². The molecule has 2 saturated heterocycles. The number of rotatable bonds is 8. The number of carbonyl (C=O) groups is 2. The van der Waals surface area contributed by atoms with Crippen LogP contribution in [0.3, 0.4) is 0 Å². The summed E-state index contributed by atoms with van der Waals surface area (Å²) in [6, 6.07) is 5.79. The molecule has 0 saturated carbocycles. The van der Waals surface area contributed by atoms with Crippen LogP contribution >= 0.6 is 0 Å². The van der Waals surface area contributed by atoms with Gasteiger partial charge in [0, 0.05) is 49.7 Å². The third kappa shape index (κ3) is 4.95. The maximum atomic E-state index is 12.9. The smallest absolute Gasteiger partial charge is 0.255 e. The van der Waals surface area contributed by atoms with Crippen molar-refractivity contribution < 1.29 is 9.59 Å². The highest BCUT2D eigenvalue weighted by molar-refractivity contribution is 6.01. The number of hydrogen-bond acceptors (Lipinski definition) is 4. The topological polar surface area (TPSA) is 55.9 Å². The van der Waals surface area contributed by atoms with Gasteiger partial charge in [0.15, 0.2) is 0 Å². The number of allylic oxidation sites excluding steroid dienone is 1. The van der Waals surface area contributed by atoms with Crippen molar-refractivity contribution in [2.45, 2.75) is 64.5 Å². The molecule has 3 aliphatic rings. The highest BCUT2D eigenvalue weighted by Crippen LogP contribution is 2.31. The zero-order valence-corrected chi connectivity index (χ0v) is 18.9. The van der Waals surface area contributed by atoms with E-state index < -0.39 is 6.04 Å². The van der Waals surface area contributed by atoms with Crippen molar-refractivity contribution in [3.63, 3.8) is 0 Å². The first-order valence-corrected chi connectivity index (χ1v) is 12.0. The van der Waals surface area contributed by atoms with Gasteiger partial charge in [0.1, 0.15) is 6.04 Å². The Morgan fingerprint density at radius 2 is 1.84 bits per heavy atom. The summed E-state index contributed by atoms with van der Waals surface area (Å²) in [5.41, 5.74) is 3.72. The number of carbonyl (C=O) groups excluding carboxylic acids is 2. The Hall–Kier alpha value is -2.34. The van der Waals surface area contributed by atoms with Gasteiger partial charge in [-0.2, -0.15) is 0 Å². The molecule has 6 heteroatoms. The van der Waals surface area contributed by atoms with Gasteiger partial charge in [0.25, 0.3) is 5.91 Å². The normalized spacial score (nSPS) is 22.1. The van der Waals surface area contributed by atoms with Crippen molar-refractivity contribution in [3.05, 3.63) is 41.6 Å². The predicted octanol–water partition coefficient (Wildman–Crippen LogP) is 3.53. The van der Waals surface area contributed by atoms with E-state index in [0.29, 0.717) is 13.0 Å². The van der Waals surface area contributed by atoms with Gasteiger partial charge < -0.3 is 15.1 Å². The van der Waals surface area contributed by atoms with Crippen molar-refractivity contribution in [1.82, 2.24) is 15.1 Å². The van der Waals surface area contributed by atoms with E-state index >= 15 is 0 Å². The quantitative estimate of drug-likeness (QED) is 0.649. The number of unbranched alkanes of at least 4 members (excludes halogenated alkanes) is 4. The standard InChI is InChI=1S/C25H36N4O2/c1-3-4-5-6-7-12-27-13-15-28(16-14-27)21-9-10-22-20(17-21)18-29(25(22)31)23-11-8-19(2)26-24(23)30/h9-10,17,23H,2-8,11-16,18H2,1H3,(H,26,30). The molecule has 0 bridgehead atoms. The summed E-state index contributed by atoms with van der Waals surface area (Å²) in [6.07, 6.45) is 8.04. The van der Waals surface area contributed by atoms with Crippen LogP contribution in [-0.4, -0.2) is 60.4 Å². The molecule has 31 heavy (non-hydrogen) atoms. The number of fused-ring (bicyclic) bond motifs is 1.